The molecule has 0 radical (unpaired) electrons. The number of ether oxygens (including phenoxy) is 2. The van der Waals surface area contributed by atoms with Gasteiger partial charge in [0.2, 0.25) is 0 Å². The monoisotopic (exact) mass is 515 g/mol. The fraction of sp³-hybridized carbons (Fsp3) is 0.429. The summed E-state index contributed by atoms with van der Waals surface area (Å²) in [6.07, 6.45) is 2.12. The minimum atomic E-state index is -0.377. The van der Waals surface area contributed by atoms with Crippen LogP contribution in [-0.4, -0.2) is 76.1 Å². The lowest BCUT2D eigenvalue weighted by atomic mass is 10.0. The number of para-hydroxylation sites is 1. The van der Waals surface area contributed by atoms with Crippen LogP contribution >= 0.6 is 0 Å². The van der Waals surface area contributed by atoms with Gasteiger partial charge in [0.05, 0.1) is 25.3 Å². The number of rotatable bonds is 7. The number of nitrogens with one attached hydrogen (secondary N) is 1. The Morgan fingerprint density at radius 1 is 1.13 bits per heavy atom. The number of fused-ring (bicyclic) bond motifs is 1. The van der Waals surface area contributed by atoms with E-state index < -0.39 is 0 Å². The zero-order chi connectivity index (χ0) is 26.1. The van der Waals surface area contributed by atoms with Crippen molar-refractivity contribution in [1.82, 2.24) is 30.1 Å². The van der Waals surface area contributed by atoms with E-state index in [-0.39, 0.29) is 17.7 Å². The Morgan fingerprint density at radius 3 is 2.68 bits per heavy atom. The standard InChI is InChI=1S/C28H33N7O3/c1-19-5-3-6-20-17-24(28(36)29-25(19)20)26(27-30-31-32-35(27)18-23-7-4-16-38-23)34-14-12-33(13-15-34)21-8-10-22(37-2)11-9-21/h3,5-6,8-11,17,23,26H,4,7,12-16,18H2,1-2H3,(H,29,36)/t23-,26-/m0/s1. The molecule has 10 heteroatoms. The molecule has 2 fully saturated rings. The number of aryl methyl sites for hydroxylation is 1. The Morgan fingerprint density at radius 2 is 1.95 bits per heavy atom. The number of benzene rings is 2. The number of piperazine rings is 1. The van der Waals surface area contributed by atoms with E-state index in [2.05, 4.69) is 42.4 Å². The molecule has 4 aromatic rings. The van der Waals surface area contributed by atoms with E-state index in [0.717, 1.165) is 73.5 Å². The second kappa shape index (κ2) is 10.5. The first-order valence-corrected chi connectivity index (χ1v) is 13.2. The highest BCUT2D eigenvalue weighted by Crippen LogP contribution is 2.30. The van der Waals surface area contributed by atoms with Gasteiger partial charge >= 0.3 is 0 Å². The third-order valence-corrected chi connectivity index (χ3v) is 7.73. The molecule has 0 bridgehead atoms. The van der Waals surface area contributed by atoms with Crippen molar-refractivity contribution < 1.29 is 9.47 Å². The van der Waals surface area contributed by atoms with Crippen molar-refractivity contribution >= 4 is 16.6 Å². The first-order chi connectivity index (χ1) is 18.6. The lowest BCUT2D eigenvalue weighted by Gasteiger charge is -2.39. The molecule has 0 aliphatic carbocycles. The van der Waals surface area contributed by atoms with E-state index in [0.29, 0.717) is 17.9 Å². The van der Waals surface area contributed by atoms with Crippen LogP contribution in [0.3, 0.4) is 0 Å². The quantitative estimate of drug-likeness (QED) is 0.401. The van der Waals surface area contributed by atoms with Crippen LogP contribution in [0.25, 0.3) is 10.9 Å². The average molecular weight is 516 g/mol. The number of tetrazole rings is 1. The minimum Gasteiger partial charge on any atom is -0.497 e. The van der Waals surface area contributed by atoms with Crippen molar-refractivity contribution in [2.45, 2.75) is 38.5 Å². The van der Waals surface area contributed by atoms with Gasteiger partial charge in [-0.15, -0.1) is 5.10 Å². The topological polar surface area (TPSA) is 101 Å². The third kappa shape index (κ3) is 4.77. The smallest absolute Gasteiger partial charge is 0.253 e. The molecule has 2 aliphatic heterocycles. The van der Waals surface area contributed by atoms with E-state index in [4.69, 9.17) is 9.47 Å². The van der Waals surface area contributed by atoms with Crippen LogP contribution in [0.15, 0.2) is 53.3 Å². The summed E-state index contributed by atoms with van der Waals surface area (Å²) in [6.45, 7) is 6.51. The van der Waals surface area contributed by atoms with Gasteiger partial charge in [-0.05, 0) is 71.5 Å². The van der Waals surface area contributed by atoms with E-state index in [9.17, 15) is 4.79 Å². The summed E-state index contributed by atoms with van der Waals surface area (Å²) in [7, 11) is 1.68. The number of nitrogens with zero attached hydrogens (tertiary/aromatic N) is 6. The number of pyridine rings is 1. The number of hydrogen-bond acceptors (Lipinski definition) is 8. The zero-order valence-corrected chi connectivity index (χ0v) is 21.8. The Hall–Kier alpha value is -3.76. The SMILES string of the molecule is COc1ccc(N2CCN([C@@H](c3cc4cccc(C)c4[nH]c3=O)c3nnnn3C[C@@H]3CCCO3)CC2)cc1. The third-order valence-electron chi connectivity index (χ3n) is 7.73. The van der Waals surface area contributed by atoms with E-state index >= 15 is 0 Å². The first kappa shape index (κ1) is 24.6. The summed E-state index contributed by atoms with van der Waals surface area (Å²) in [5, 5.41) is 13.8. The molecule has 2 aromatic heterocycles. The van der Waals surface area contributed by atoms with Crippen LogP contribution in [0.2, 0.25) is 0 Å². The summed E-state index contributed by atoms with van der Waals surface area (Å²) in [4.78, 5) is 21.4. The summed E-state index contributed by atoms with van der Waals surface area (Å²) < 4.78 is 13.0. The van der Waals surface area contributed by atoms with Crippen molar-refractivity contribution in [2.75, 3.05) is 44.8 Å². The van der Waals surface area contributed by atoms with Crippen molar-refractivity contribution in [1.29, 1.82) is 0 Å². The van der Waals surface area contributed by atoms with Gasteiger partial charge in [0.25, 0.3) is 5.56 Å². The second-order valence-electron chi connectivity index (χ2n) is 10.1. The van der Waals surface area contributed by atoms with Crippen molar-refractivity contribution in [3.05, 3.63) is 75.8 Å². The fourth-order valence-electron chi connectivity index (χ4n) is 5.65. The molecule has 38 heavy (non-hydrogen) atoms. The van der Waals surface area contributed by atoms with Crippen LogP contribution in [0.5, 0.6) is 5.75 Å². The van der Waals surface area contributed by atoms with Gasteiger partial charge in [0.1, 0.15) is 11.8 Å². The number of aromatic amines is 1. The molecular formula is C28H33N7O3. The molecule has 2 saturated heterocycles. The Bertz CT molecular complexity index is 1450. The van der Waals surface area contributed by atoms with Gasteiger partial charge in [-0.25, -0.2) is 4.68 Å². The van der Waals surface area contributed by atoms with Gasteiger partial charge in [-0.2, -0.15) is 0 Å². The van der Waals surface area contributed by atoms with Crippen molar-refractivity contribution in [3.63, 3.8) is 0 Å². The average Bonchev–Trinajstić information content (AvgIpc) is 3.63. The van der Waals surface area contributed by atoms with Crippen molar-refractivity contribution in [3.8, 4) is 5.75 Å². The molecule has 2 aliphatic rings. The number of aromatic nitrogens is 5. The molecule has 4 heterocycles. The number of methoxy groups -OCH3 is 1. The summed E-state index contributed by atoms with van der Waals surface area (Å²) in [6, 6.07) is 15.8. The molecule has 0 unspecified atom stereocenters. The number of hydrogen-bond donors (Lipinski definition) is 1. The molecule has 0 amide bonds. The normalized spacial score (nSPS) is 19.2. The summed E-state index contributed by atoms with van der Waals surface area (Å²) >= 11 is 0. The second-order valence-corrected chi connectivity index (χ2v) is 10.1. The maximum Gasteiger partial charge on any atom is 0.253 e. The molecule has 6 rings (SSSR count). The number of H-pyrrole nitrogens is 1. The van der Waals surface area contributed by atoms with Gasteiger partial charge in [0.15, 0.2) is 5.82 Å². The molecule has 2 atom stereocenters. The van der Waals surface area contributed by atoms with E-state index in [1.165, 1.54) is 0 Å². The fourth-order valence-corrected chi connectivity index (χ4v) is 5.65. The van der Waals surface area contributed by atoms with Crippen LogP contribution < -0.4 is 15.2 Å². The highest BCUT2D eigenvalue weighted by molar-refractivity contribution is 5.82. The van der Waals surface area contributed by atoms with E-state index in [1.807, 2.05) is 48.0 Å². The predicted octanol–water partition coefficient (Wildman–Crippen LogP) is 2.92. The minimum absolute atomic E-state index is 0.0855. The highest BCUT2D eigenvalue weighted by Gasteiger charge is 2.33. The summed E-state index contributed by atoms with van der Waals surface area (Å²) in [5.41, 5.74) is 3.61. The Labute approximate surface area is 221 Å². The number of anilines is 1. The molecule has 0 spiro atoms. The Kier molecular flexibility index (Phi) is 6.82. The van der Waals surface area contributed by atoms with Gasteiger partial charge in [-0.1, -0.05) is 18.2 Å². The molecule has 0 saturated carbocycles. The van der Waals surface area contributed by atoms with Crippen LogP contribution in [0.4, 0.5) is 5.69 Å². The molecule has 2 aromatic carbocycles. The van der Waals surface area contributed by atoms with Crippen LogP contribution in [-0.2, 0) is 11.3 Å². The largest absolute Gasteiger partial charge is 0.497 e. The summed E-state index contributed by atoms with van der Waals surface area (Å²) in [5.74, 6) is 1.52. The predicted molar refractivity (Wildman–Crippen MR) is 145 cm³/mol. The zero-order valence-electron chi connectivity index (χ0n) is 21.8. The Balaban J connectivity index is 1.34. The maximum absolute atomic E-state index is 13.6. The van der Waals surface area contributed by atoms with E-state index in [1.54, 1.807) is 7.11 Å². The van der Waals surface area contributed by atoms with Gasteiger partial charge in [0, 0.05) is 44.0 Å². The van der Waals surface area contributed by atoms with Crippen molar-refractivity contribution in [2.24, 2.45) is 0 Å². The lowest BCUT2D eigenvalue weighted by molar-refractivity contribution is 0.0906. The van der Waals surface area contributed by atoms with Crippen LogP contribution in [0.1, 0.15) is 35.8 Å². The molecule has 10 nitrogen and oxygen atoms in total. The maximum atomic E-state index is 13.6. The molecular weight excluding hydrogens is 482 g/mol. The highest BCUT2D eigenvalue weighted by atomic mass is 16.5. The van der Waals surface area contributed by atoms with Gasteiger partial charge < -0.3 is 19.4 Å². The molecule has 1 N–H and O–H groups in total. The lowest BCUT2D eigenvalue weighted by Crippen LogP contribution is -2.49. The first-order valence-electron chi connectivity index (χ1n) is 13.2. The van der Waals surface area contributed by atoms with Crippen LogP contribution in [0, 0.1) is 6.92 Å². The van der Waals surface area contributed by atoms with Gasteiger partial charge in [-0.3, -0.25) is 9.69 Å². The molecule has 198 valence electrons.